The Labute approximate surface area is 214 Å². The average molecular weight is 520 g/mol. The first-order chi connectivity index (χ1) is 15.9. The predicted octanol–water partition coefficient (Wildman–Crippen LogP) is 3.48. The maximum atomic E-state index is 13.2. The van der Waals surface area contributed by atoms with E-state index in [1.54, 1.807) is 23.5 Å². The molecular formula is C24H45N3O5S2. The molecule has 0 aliphatic carbocycles. The number of nitrogens with one attached hydrogen (secondary N) is 3. The lowest BCUT2D eigenvalue weighted by Gasteiger charge is -2.26. The third kappa shape index (κ3) is 14.1. The monoisotopic (exact) mass is 519 g/mol. The van der Waals surface area contributed by atoms with E-state index in [2.05, 4.69) is 16.0 Å². The molecule has 8 nitrogen and oxygen atoms in total. The molecule has 3 N–H and O–H groups in total. The minimum absolute atomic E-state index is 0.0237. The highest BCUT2D eigenvalue weighted by atomic mass is 32.2. The van der Waals surface area contributed by atoms with E-state index < -0.39 is 30.1 Å². The first kappa shape index (κ1) is 32.6. The van der Waals surface area contributed by atoms with E-state index >= 15 is 0 Å². The van der Waals surface area contributed by atoms with Crippen LogP contribution >= 0.6 is 23.5 Å². The van der Waals surface area contributed by atoms with E-state index in [4.69, 9.17) is 4.74 Å². The number of Topliss-reactive ketones (excluding diaryl/α,β-unsaturated/α-hetero) is 1. The molecule has 3 atom stereocenters. The maximum Gasteiger partial charge on any atom is 0.407 e. The van der Waals surface area contributed by atoms with Gasteiger partial charge < -0.3 is 20.7 Å². The fraction of sp³-hybridized carbons (Fsp3) is 0.833. The Hall–Kier alpha value is -1.42. The molecule has 34 heavy (non-hydrogen) atoms. The molecule has 0 aromatic rings. The Morgan fingerprint density at radius 1 is 0.706 bits per heavy atom. The van der Waals surface area contributed by atoms with Crippen LogP contribution in [0.15, 0.2) is 0 Å². The van der Waals surface area contributed by atoms with Gasteiger partial charge in [-0.1, -0.05) is 41.5 Å². The highest BCUT2D eigenvalue weighted by molar-refractivity contribution is 7.98. The van der Waals surface area contributed by atoms with Crippen molar-refractivity contribution in [2.24, 2.45) is 17.8 Å². The fourth-order valence-corrected chi connectivity index (χ4v) is 4.04. The molecule has 0 bridgehead atoms. The molecular weight excluding hydrogens is 474 g/mol. The van der Waals surface area contributed by atoms with Crippen LogP contribution in [0.5, 0.6) is 0 Å². The Bertz CT molecular complexity index is 644. The van der Waals surface area contributed by atoms with Gasteiger partial charge in [0.15, 0.2) is 5.78 Å². The number of rotatable bonds is 17. The van der Waals surface area contributed by atoms with Crippen molar-refractivity contribution in [3.8, 4) is 0 Å². The van der Waals surface area contributed by atoms with E-state index in [9.17, 15) is 19.2 Å². The van der Waals surface area contributed by atoms with Crippen molar-refractivity contribution in [1.29, 1.82) is 0 Å². The lowest BCUT2D eigenvalue weighted by molar-refractivity contribution is -0.133. The lowest BCUT2D eigenvalue weighted by atomic mass is 9.98. The van der Waals surface area contributed by atoms with Gasteiger partial charge in [-0.2, -0.15) is 23.5 Å². The smallest absolute Gasteiger partial charge is 0.407 e. The Morgan fingerprint density at radius 2 is 1.21 bits per heavy atom. The molecule has 0 heterocycles. The molecule has 0 fully saturated rings. The fourth-order valence-electron chi connectivity index (χ4n) is 3.10. The first-order valence-electron chi connectivity index (χ1n) is 12.0. The van der Waals surface area contributed by atoms with Gasteiger partial charge in [0.25, 0.3) is 0 Å². The summed E-state index contributed by atoms with van der Waals surface area (Å²) >= 11 is 3.17. The van der Waals surface area contributed by atoms with Crippen LogP contribution in [0.25, 0.3) is 0 Å². The van der Waals surface area contributed by atoms with E-state index in [0.29, 0.717) is 25.0 Å². The van der Waals surface area contributed by atoms with Gasteiger partial charge in [0.1, 0.15) is 12.1 Å². The van der Waals surface area contributed by atoms with E-state index in [1.165, 1.54) is 0 Å². The highest BCUT2D eigenvalue weighted by Gasteiger charge is 2.30. The van der Waals surface area contributed by atoms with Gasteiger partial charge in [-0.15, -0.1) is 0 Å². The number of alkyl carbamates (subject to hydrolysis) is 1. The van der Waals surface area contributed by atoms with Crippen LogP contribution in [0.1, 0.15) is 60.8 Å². The molecule has 10 heteroatoms. The number of ketones is 1. The van der Waals surface area contributed by atoms with Gasteiger partial charge in [-0.05, 0) is 55.1 Å². The summed E-state index contributed by atoms with van der Waals surface area (Å²) in [7, 11) is 0. The second kappa shape index (κ2) is 17.9. The van der Waals surface area contributed by atoms with E-state index in [0.717, 1.165) is 5.75 Å². The molecule has 0 saturated heterocycles. The standard InChI is InChI=1S/C24H45N3O5S2/c1-15(2)13-20(23(30)25-18(9-11-33-7)21(28)17(5)6)26-22(29)19(10-12-34-8)27-24(31)32-14-16(3)4/h15-20H,9-14H2,1-8H3,(H,25,30)(H,26,29)(H,27,31). The summed E-state index contributed by atoms with van der Waals surface area (Å²) in [5.74, 6) is 0.658. The third-order valence-corrected chi connectivity index (χ3v) is 6.23. The van der Waals surface area contributed by atoms with Crippen LogP contribution in [0, 0.1) is 17.8 Å². The van der Waals surface area contributed by atoms with Gasteiger partial charge in [-0.25, -0.2) is 4.79 Å². The van der Waals surface area contributed by atoms with Crippen molar-refractivity contribution in [2.45, 2.75) is 78.9 Å². The van der Waals surface area contributed by atoms with Gasteiger partial charge in [0.2, 0.25) is 11.8 Å². The number of carbonyl (C=O) groups excluding carboxylic acids is 4. The summed E-state index contributed by atoms with van der Waals surface area (Å²) < 4.78 is 5.16. The van der Waals surface area contributed by atoms with Crippen LogP contribution in [-0.2, 0) is 19.1 Å². The van der Waals surface area contributed by atoms with Crippen molar-refractivity contribution in [3.63, 3.8) is 0 Å². The Morgan fingerprint density at radius 3 is 1.68 bits per heavy atom. The number of hydrogen-bond donors (Lipinski definition) is 3. The normalized spacial score (nSPS) is 14.0. The van der Waals surface area contributed by atoms with Crippen molar-refractivity contribution < 1.29 is 23.9 Å². The largest absolute Gasteiger partial charge is 0.449 e. The van der Waals surface area contributed by atoms with Crippen LogP contribution in [0.3, 0.4) is 0 Å². The highest BCUT2D eigenvalue weighted by Crippen LogP contribution is 2.11. The zero-order valence-corrected chi connectivity index (χ0v) is 23.7. The summed E-state index contributed by atoms with van der Waals surface area (Å²) in [6.45, 7) is 11.7. The first-order valence-corrected chi connectivity index (χ1v) is 14.8. The number of hydrogen-bond acceptors (Lipinski definition) is 7. The zero-order chi connectivity index (χ0) is 26.3. The van der Waals surface area contributed by atoms with Crippen LogP contribution in [0.2, 0.25) is 0 Å². The molecule has 3 unspecified atom stereocenters. The number of ether oxygens (including phenoxy) is 1. The Kier molecular flexibility index (Phi) is 17.2. The molecule has 0 aromatic carbocycles. The van der Waals surface area contributed by atoms with Crippen molar-refractivity contribution >= 4 is 47.2 Å². The van der Waals surface area contributed by atoms with Gasteiger partial charge >= 0.3 is 6.09 Å². The number of carbonyl (C=O) groups is 4. The van der Waals surface area contributed by atoms with Crippen molar-refractivity contribution in [3.05, 3.63) is 0 Å². The summed E-state index contributed by atoms with van der Waals surface area (Å²) in [6, 6.07) is -2.23. The minimum Gasteiger partial charge on any atom is -0.449 e. The molecule has 0 aromatic heterocycles. The molecule has 198 valence electrons. The summed E-state index contributed by atoms with van der Waals surface area (Å²) in [4.78, 5) is 51.0. The molecule has 0 saturated carbocycles. The van der Waals surface area contributed by atoms with Gasteiger partial charge in [0, 0.05) is 5.92 Å². The van der Waals surface area contributed by atoms with Crippen molar-refractivity contribution in [2.75, 3.05) is 30.6 Å². The summed E-state index contributed by atoms with van der Waals surface area (Å²) in [6.07, 6.45) is 4.57. The maximum absolute atomic E-state index is 13.2. The molecule has 0 aliphatic rings. The van der Waals surface area contributed by atoms with Crippen LogP contribution in [-0.4, -0.2) is 72.4 Å². The van der Waals surface area contributed by atoms with E-state index in [1.807, 2.05) is 54.1 Å². The van der Waals surface area contributed by atoms with Gasteiger partial charge in [0.05, 0.1) is 12.6 Å². The quantitative estimate of drug-likeness (QED) is 0.270. The summed E-state index contributed by atoms with van der Waals surface area (Å²) in [5, 5.41) is 8.31. The van der Waals surface area contributed by atoms with Crippen molar-refractivity contribution in [1.82, 2.24) is 16.0 Å². The number of thioether (sulfide) groups is 2. The summed E-state index contributed by atoms with van der Waals surface area (Å²) in [5.41, 5.74) is 0. The second-order valence-corrected chi connectivity index (χ2v) is 11.5. The minimum atomic E-state index is -0.820. The lowest BCUT2D eigenvalue weighted by Crippen LogP contribution is -2.56. The average Bonchev–Trinajstić information content (AvgIpc) is 2.76. The number of amides is 3. The van der Waals surface area contributed by atoms with Crippen LogP contribution in [0.4, 0.5) is 4.79 Å². The van der Waals surface area contributed by atoms with Crippen LogP contribution < -0.4 is 16.0 Å². The predicted molar refractivity (Wildman–Crippen MR) is 142 cm³/mol. The molecule has 3 amide bonds. The zero-order valence-electron chi connectivity index (χ0n) is 22.1. The molecule has 0 spiro atoms. The molecule has 0 rings (SSSR count). The SMILES string of the molecule is CSCCC(NC(=O)OCC(C)C)C(=O)NC(CC(C)C)C(=O)NC(CCSC)C(=O)C(C)C. The third-order valence-electron chi connectivity index (χ3n) is 4.95. The topological polar surface area (TPSA) is 114 Å². The second-order valence-electron chi connectivity index (χ2n) is 9.56. The van der Waals surface area contributed by atoms with Gasteiger partial charge in [-0.3, -0.25) is 14.4 Å². The molecule has 0 aliphatic heterocycles. The Balaban J connectivity index is 5.45. The van der Waals surface area contributed by atoms with E-state index in [-0.39, 0.29) is 36.1 Å². The molecule has 0 radical (unpaired) electrons.